The number of carboxylic acid groups (broad SMARTS) is 1. The third kappa shape index (κ3) is 5.78. The molecule has 0 unspecified atom stereocenters. The number of aliphatic hydroxyl groups excluding tert-OH is 1. The Kier molecular flexibility index (Phi) is 4.36. The number of carboxylic acids is 1. The molecule has 0 spiro atoms. The van der Waals surface area contributed by atoms with Gasteiger partial charge in [0, 0.05) is 0 Å². The van der Waals surface area contributed by atoms with E-state index in [4.69, 9.17) is 10.2 Å². The van der Waals surface area contributed by atoms with Gasteiger partial charge in [0.15, 0.2) is 5.75 Å². The number of carbonyl (C=O) groups is 1. The molecular formula is C5H9F2NO5S. The molecule has 6 nitrogen and oxygen atoms in total. The van der Waals surface area contributed by atoms with Gasteiger partial charge in [-0.3, -0.25) is 4.79 Å². The Bertz CT molecular complexity index is 301. The van der Waals surface area contributed by atoms with Crippen molar-refractivity contribution in [3.05, 3.63) is 0 Å². The van der Waals surface area contributed by atoms with Crippen molar-refractivity contribution in [1.29, 1.82) is 0 Å². The van der Waals surface area contributed by atoms with Gasteiger partial charge in [0.05, 0.1) is 6.54 Å². The summed E-state index contributed by atoms with van der Waals surface area (Å²) in [4.78, 5) is 9.95. The highest BCUT2D eigenvalue weighted by atomic mass is 32.2. The number of alkyl halides is 2. The van der Waals surface area contributed by atoms with Crippen molar-refractivity contribution in [2.24, 2.45) is 0 Å². The first-order valence-electron chi connectivity index (χ1n) is 3.36. The number of halogens is 2. The fourth-order valence-corrected chi connectivity index (χ4v) is 1.34. The first-order valence-corrected chi connectivity index (χ1v) is 5.01. The molecule has 0 saturated heterocycles. The van der Waals surface area contributed by atoms with Gasteiger partial charge in [0.1, 0.15) is 6.61 Å². The van der Waals surface area contributed by atoms with Crippen LogP contribution in [0.25, 0.3) is 0 Å². The summed E-state index contributed by atoms with van der Waals surface area (Å²) >= 11 is 0. The molecule has 0 aliphatic heterocycles. The molecule has 14 heavy (non-hydrogen) atoms. The summed E-state index contributed by atoms with van der Waals surface area (Å²) in [6, 6.07) is 0. The molecule has 9 heteroatoms. The molecule has 0 aromatic carbocycles. The van der Waals surface area contributed by atoms with Crippen molar-refractivity contribution in [2.75, 3.05) is 18.9 Å². The fraction of sp³-hybridized carbons (Fsp3) is 0.800. The number of aliphatic carboxylic acids is 1. The number of nitrogens with one attached hydrogen (secondary N) is 1. The molecule has 0 rings (SSSR count). The summed E-state index contributed by atoms with van der Waals surface area (Å²) in [6.45, 7) is -2.83. The van der Waals surface area contributed by atoms with E-state index in [1.54, 1.807) is 0 Å². The Labute approximate surface area is 78.6 Å². The Morgan fingerprint density at radius 1 is 1.43 bits per heavy atom. The number of rotatable bonds is 6. The normalized spacial score (nSPS) is 12.8. The molecule has 0 amide bonds. The summed E-state index contributed by atoms with van der Waals surface area (Å²) in [5, 5.41) is 16.2. The number of aliphatic hydroxyl groups is 1. The minimum absolute atomic E-state index is 1.28. The number of hydrogen-bond acceptors (Lipinski definition) is 4. The monoisotopic (exact) mass is 233 g/mol. The van der Waals surface area contributed by atoms with E-state index in [9.17, 15) is 22.0 Å². The van der Waals surface area contributed by atoms with Gasteiger partial charge in [-0.1, -0.05) is 0 Å². The van der Waals surface area contributed by atoms with Crippen molar-refractivity contribution in [2.45, 2.75) is 5.92 Å². The minimum atomic E-state index is -4.26. The van der Waals surface area contributed by atoms with Crippen molar-refractivity contribution >= 4 is 16.0 Å². The predicted molar refractivity (Wildman–Crippen MR) is 41.5 cm³/mol. The van der Waals surface area contributed by atoms with Gasteiger partial charge in [0.25, 0.3) is 5.92 Å². The molecule has 0 aliphatic carbocycles. The van der Waals surface area contributed by atoms with Gasteiger partial charge in [-0.05, 0) is 0 Å². The van der Waals surface area contributed by atoms with E-state index in [1.165, 1.54) is 4.72 Å². The average Bonchev–Trinajstić information content (AvgIpc) is 1.99. The van der Waals surface area contributed by atoms with E-state index < -0.39 is 40.8 Å². The van der Waals surface area contributed by atoms with Crippen LogP contribution in [-0.2, 0) is 14.8 Å². The Hall–Kier alpha value is -0.800. The van der Waals surface area contributed by atoms with Crippen LogP contribution in [0.2, 0.25) is 0 Å². The molecule has 0 fully saturated rings. The minimum Gasteiger partial charge on any atom is -0.480 e. The van der Waals surface area contributed by atoms with Crippen LogP contribution in [0, 0.1) is 0 Å². The Morgan fingerprint density at radius 2 is 1.93 bits per heavy atom. The first kappa shape index (κ1) is 13.2. The highest BCUT2D eigenvalue weighted by molar-refractivity contribution is 7.90. The summed E-state index contributed by atoms with van der Waals surface area (Å²) in [5.74, 6) is -6.52. The fourth-order valence-electron chi connectivity index (χ4n) is 0.485. The molecular weight excluding hydrogens is 224 g/mol. The van der Waals surface area contributed by atoms with Crippen molar-refractivity contribution < 1.29 is 32.2 Å². The zero-order valence-corrected chi connectivity index (χ0v) is 7.72. The van der Waals surface area contributed by atoms with Crippen LogP contribution >= 0.6 is 0 Å². The van der Waals surface area contributed by atoms with Crippen LogP contribution in [-0.4, -0.2) is 49.4 Å². The lowest BCUT2D eigenvalue weighted by molar-refractivity contribution is -0.134. The maximum absolute atomic E-state index is 12.3. The van der Waals surface area contributed by atoms with E-state index in [1.807, 2.05) is 0 Å². The van der Waals surface area contributed by atoms with E-state index in [0.717, 1.165) is 0 Å². The van der Waals surface area contributed by atoms with Crippen molar-refractivity contribution in [3.63, 3.8) is 0 Å². The van der Waals surface area contributed by atoms with Crippen LogP contribution in [0.15, 0.2) is 0 Å². The van der Waals surface area contributed by atoms with Crippen LogP contribution < -0.4 is 4.72 Å². The van der Waals surface area contributed by atoms with E-state index in [-0.39, 0.29) is 0 Å². The number of hydrogen-bond donors (Lipinski definition) is 3. The van der Waals surface area contributed by atoms with E-state index in [0.29, 0.717) is 0 Å². The van der Waals surface area contributed by atoms with Gasteiger partial charge < -0.3 is 10.2 Å². The third-order valence-electron chi connectivity index (χ3n) is 1.10. The smallest absolute Gasteiger partial charge is 0.320 e. The van der Waals surface area contributed by atoms with E-state index in [2.05, 4.69) is 0 Å². The lowest BCUT2D eigenvalue weighted by Gasteiger charge is -2.13. The second kappa shape index (κ2) is 4.62. The second-order valence-corrected chi connectivity index (χ2v) is 4.29. The third-order valence-corrected chi connectivity index (χ3v) is 2.31. The van der Waals surface area contributed by atoms with Crippen LogP contribution in [0.3, 0.4) is 0 Å². The molecule has 0 bridgehead atoms. The van der Waals surface area contributed by atoms with Gasteiger partial charge in [-0.25, -0.2) is 21.9 Å². The molecule has 84 valence electrons. The standard InChI is InChI=1S/C5H9F2NO5S/c6-5(7,3-9)2-8-14(12,13)1-4(10)11/h8-9H,1-3H2,(H,10,11). The van der Waals surface area contributed by atoms with Gasteiger partial charge >= 0.3 is 5.97 Å². The molecule has 0 aliphatic rings. The van der Waals surface area contributed by atoms with E-state index >= 15 is 0 Å². The summed E-state index contributed by atoms with van der Waals surface area (Å²) in [5.41, 5.74) is 0. The highest BCUT2D eigenvalue weighted by Gasteiger charge is 2.30. The van der Waals surface area contributed by atoms with Crippen LogP contribution in [0.5, 0.6) is 0 Å². The Balaban J connectivity index is 4.20. The molecule has 0 radical (unpaired) electrons. The molecule has 0 atom stereocenters. The second-order valence-electron chi connectivity index (χ2n) is 2.49. The van der Waals surface area contributed by atoms with Crippen molar-refractivity contribution in [3.8, 4) is 0 Å². The SMILES string of the molecule is O=C(O)CS(=O)(=O)NCC(F)(F)CO. The lowest BCUT2D eigenvalue weighted by atomic mass is 10.4. The van der Waals surface area contributed by atoms with Gasteiger partial charge in [-0.15, -0.1) is 0 Å². The van der Waals surface area contributed by atoms with Crippen molar-refractivity contribution in [1.82, 2.24) is 4.72 Å². The molecule has 0 aromatic rings. The van der Waals surface area contributed by atoms with Gasteiger partial charge in [-0.2, -0.15) is 0 Å². The summed E-state index contributed by atoms with van der Waals surface area (Å²) in [7, 11) is -4.26. The summed E-state index contributed by atoms with van der Waals surface area (Å²) in [6.07, 6.45) is 0. The molecule has 0 aromatic heterocycles. The first-order chi connectivity index (χ1) is 6.18. The largest absolute Gasteiger partial charge is 0.480 e. The highest BCUT2D eigenvalue weighted by Crippen LogP contribution is 2.10. The summed E-state index contributed by atoms with van der Waals surface area (Å²) < 4.78 is 47.3. The molecule has 0 saturated carbocycles. The zero-order valence-electron chi connectivity index (χ0n) is 6.90. The quantitative estimate of drug-likeness (QED) is 0.524. The topological polar surface area (TPSA) is 104 Å². The zero-order chi connectivity index (χ0) is 11.4. The maximum Gasteiger partial charge on any atom is 0.320 e. The van der Waals surface area contributed by atoms with Gasteiger partial charge in [0.2, 0.25) is 10.0 Å². The number of sulfonamides is 1. The predicted octanol–water partition coefficient (Wildman–Crippen LogP) is -1.38. The maximum atomic E-state index is 12.3. The molecule has 0 heterocycles. The average molecular weight is 233 g/mol. The van der Waals surface area contributed by atoms with Crippen LogP contribution in [0.1, 0.15) is 0 Å². The molecule has 3 N–H and O–H groups in total. The Morgan fingerprint density at radius 3 is 2.29 bits per heavy atom. The lowest BCUT2D eigenvalue weighted by Crippen LogP contribution is -2.40. The van der Waals surface area contributed by atoms with Crippen LogP contribution in [0.4, 0.5) is 8.78 Å².